The maximum Gasteiger partial charge on any atom is 0.250 e. The maximum absolute atomic E-state index is 12.5. The Morgan fingerprint density at radius 3 is 2.31 bits per heavy atom. The van der Waals surface area contributed by atoms with Crippen molar-refractivity contribution in [2.24, 2.45) is 5.10 Å². The summed E-state index contributed by atoms with van der Waals surface area (Å²) in [4.78, 5) is 13.6. The van der Waals surface area contributed by atoms with Crippen LogP contribution < -0.4 is 5.43 Å². The van der Waals surface area contributed by atoms with Gasteiger partial charge in [0.2, 0.25) is 0 Å². The Kier molecular flexibility index (Phi) is 8.28. The van der Waals surface area contributed by atoms with Gasteiger partial charge in [-0.1, -0.05) is 87.1 Å². The molecule has 0 saturated carbocycles. The van der Waals surface area contributed by atoms with Gasteiger partial charge in [0.25, 0.3) is 5.91 Å². The number of benzene rings is 3. The molecule has 0 radical (unpaired) electrons. The number of para-hydroxylation sites is 1. The summed E-state index contributed by atoms with van der Waals surface area (Å²) in [6, 6.07) is 26.3. The first kappa shape index (κ1) is 25.7. The van der Waals surface area contributed by atoms with Crippen molar-refractivity contribution in [3.05, 3.63) is 90.0 Å². The van der Waals surface area contributed by atoms with Gasteiger partial charge >= 0.3 is 0 Å². The van der Waals surface area contributed by atoms with Gasteiger partial charge in [-0.15, -0.1) is 22.0 Å². The van der Waals surface area contributed by atoms with E-state index in [0.717, 1.165) is 22.6 Å². The van der Waals surface area contributed by atoms with E-state index in [1.165, 1.54) is 22.2 Å². The number of amides is 1. The second kappa shape index (κ2) is 11.6. The molecule has 1 N–H and O–H groups in total. The maximum atomic E-state index is 12.5. The molecule has 0 aliphatic carbocycles. The van der Waals surface area contributed by atoms with Gasteiger partial charge in [-0.05, 0) is 47.1 Å². The highest BCUT2D eigenvalue weighted by Gasteiger charge is 2.19. The highest BCUT2D eigenvalue weighted by molar-refractivity contribution is 7.99. The van der Waals surface area contributed by atoms with Gasteiger partial charge in [0.15, 0.2) is 11.0 Å². The average molecular weight is 516 g/mol. The molecular weight excluding hydrogens is 486 g/mol. The largest absolute Gasteiger partial charge is 0.272 e. The first-order valence-corrected chi connectivity index (χ1v) is 13.8. The third-order valence-corrected chi connectivity index (χ3v) is 7.18. The normalized spacial score (nSPS) is 11.7. The number of nitrogens with zero attached hydrogens (tertiary/aromatic N) is 4. The number of hydrogen-bond acceptors (Lipinski definition) is 6. The van der Waals surface area contributed by atoms with Gasteiger partial charge in [-0.2, -0.15) is 5.10 Å². The van der Waals surface area contributed by atoms with E-state index in [0.29, 0.717) is 5.16 Å². The van der Waals surface area contributed by atoms with Crippen LogP contribution in [0.3, 0.4) is 0 Å². The number of carbonyl (C=O) groups excluding carboxylic acids is 1. The van der Waals surface area contributed by atoms with E-state index in [2.05, 4.69) is 65.8 Å². The van der Waals surface area contributed by atoms with E-state index in [1.807, 2.05) is 65.4 Å². The molecule has 36 heavy (non-hydrogen) atoms. The zero-order chi connectivity index (χ0) is 25.5. The van der Waals surface area contributed by atoms with Crippen molar-refractivity contribution in [2.75, 3.05) is 12.0 Å². The third-order valence-electron chi connectivity index (χ3n) is 5.51. The molecule has 184 valence electrons. The van der Waals surface area contributed by atoms with Crippen LogP contribution >= 0.6 is 23.5 Å². The fraction of sp³-hybridized carbons (Fsp3) is 0.214. The van der Waals surface area contributed by atoms with Crippen molar-refractivity contribution in [3.8, 4) is 17.1 Å². The molecule has 0 atom stereocenters. The van der Waals surface area contributed by atoms with Gasteiger partial charge < -0.3 is 0 Å². The Morgan fingerprint density at radius 1 is 0.972 bits per heavy atom. The topological polar surface area (TPSA) is 72.2 Å². The molecular formula is C28H29N5OS2. The number of hydrogen-bond donors (Lipinski definition) is 1. The minimum absolute atomic E-state index is 0.0700. The number of hydrazone groups is 1. The Balaban J connectivity index is 1.49. The minimum atomic E-state index is -0.212. The lowest BCUT2D eigenvalue weighted by atomic mass is 9.87. The van der Waals surface area contributed by atoms with E-state index in [4.69, 9.17) is 0 Å². The average Bonchev–Trinajstić information content (AvgIpc) is 3.32. The predicted molar refractivity (Wildman–Crippen MR) is 150 cm³/mol. The summed E-state index contributed by atoms with van der Waals surface area (Å²) in [6.07, 6.45) is 3.67. The fourth-order valence-corrected chi connectivity index (χ4v) is 4.66. The summed E-state index contributed by atoms with van der Waals surface area (Å²) in [7, 11) is 0. The van der Waals surface area contributed by atoms with Crippen LogP contribution in [0, 0.1) is 0 Å². The summed E-state index contributed by atoms with van der Waals surface area (Å²) in [5.74, 6) is 0.684. The molecule has 6 nitrogen and oxygen atoms in total. The first-order valence-electron chi connectivity index (χ1n) is 11.6. The summed E-state index contributed by atoms with van der Waals surface area (Å²) >= 11 is 3.01. The number of thioether (sulfide) groups is 2. The second-order valence-electron chi connectivity index (χ2n) is 9.16. The predicted octanol–water partition coefficient (Wildman–Crippen LogP) is 6.20. The van der Waals surface area contributed by atoms with Crippen LogP contribution in [0.2, 0.25) is 0 Å². The molecule has 4 rings (SSSR count). The summed E-state index contributed by atoms with van der Waals surface area (Å²) in [6.45, 7) is 6.58. The molecule has 0 saturated heterocycles. The minimum Gasteiger partial charge on any atom is -0.272 e. The van der Waals surface area contributed by atoms with Gasteiger partial charge in [0, 0.05) is 16.1 Å². The summed E-state index contributed by atoms with van der Waals surface area (Å²) < 4.78 is 1.99. The van der Waals surface area contributed by atoms with Gasteiger partial charge in [-0.3, -0.25) is 9.36 Å². The van der Waals surface area contributed by atoms with Crippen molar-refractivity contribution < 1.29 is 4.79 Å². The van der Waals surface area contributed by atoms with E-state index in [1.54, 1.807) is 18.0 Å². The lowest BCUT2D eigenvalue weighted by Crippen LogP contribution is -2.20. The van der Waals surface area contributed by atoms with Crippen molar-refractivity contribution in [1.82, 2.24) is 20.2 Å². The quantitative estimate of drug-likeness (QED) is 0.172. The standard InChI is InChI=1S/C28H29N5OS2/c1-28(2,3)22-14-12-21(13-15-22)26-31-32-27(33(26)23-8-6-5-7-9-23)36-19-25(34)30-29-18-20-10-16-24(35-4)17-11-20/h5-18H,19H2,1-4H3,(H,30,34). The van der Waals surface area contributed by atoms with Crippen LogP contribution in [-0.2, 0) is 10.2 Å². The van der Waals surface area contributed by atoms with Crippen LogP contribution in [0.1, 0.15) is 31.9 Å². The summed E-state index contributed by atoms with van der Waals surface area (Å²) in [5, 5.41) is 13.6. The van der Waals surface area contributed by atoms with Crippen LogP contribution in [0.4, 0.5) is 0 Å². The van der Waals surface area contributed by atoms with Crippen LogP contribution in [0.5, 0.6) is 0 Å². The van der Waals surface area contributed by atoms with E-state index in [-0.39, 0.29) is 17.1 Å². The van der Waals surface area contributed by atoms with Crippen LogP contribution in [-0.4, -0.2) is 38.9 Å². The molecule has 0 aliphatic heterocycles. The molecule has 0 fully saturated rings. The zero-order valence-electron chi connectivity index (χ0n) is 20.8. The highest BCUT2D eigenvalue weighted by Crippen LogP contribution is 2.30. The van der Waals surface area contributed by atoms with Crippen LogP contribution in [0.25, 0.3) is 17.1 Å². The SMILES string of the molecule is CSc1ccc(C=NNC(=O)CSc2nnc(-c3ccc(C(C)(C)C)cc3)n2-c2ccccc2)cc1. The van der Waals surface area contributed by atoms with E-state index in [9.17, 15) is 4.79 Å². The Bertz CT molecular complexity index is 1330. The van der Waals surface area contributed by atoms with Crippen molar-refractivity contribution >= 4 is 35.6 Å². The van der Waals surface area contributed by atoms with Gasteiger partial charge in [-0.25, -0.2) is 5.43 Å². The van der Waals surface area contributed by atoms with Gasteiger partial charge in [0.05, 0.1) is 12.0 Å². The number of nitrogens with one attached hydrogen (secondary N) is 1. The first-order chi connectivity index (χ1) is 17.3. The van der Waals surface area contributed by atoms with Crippen LogP contribution in [0.15, 0.2) is 94.0 Å². The van der Waals surface area contributed by atoms with E-state index >= 15 is 0 Å². The molecule has 0 unspecified atom stereocenters. The summed E-state index contributed by atoms with van der Waals surface area (Å²) in [5.41, 5.74) is 6.74. The lowest BCUT2D eigenvalue weighted by Gasteiger charge is -2.19. The monoisotopic (exact) mass is 515 g/mol. The van der Waals surface area contributed by atoms with Crippen molar-refractivity contribution in [1.29, 1.82) is 0 Å². The number of rotatable bonds is 8. The fourth-order valence-electron chi connectivity index (χ4n) is 3.51. The molecule has 1 amide bonds. The molecule has 8 heteroatoms. The molecule has 0 spiro atoms. The zero-order valence-corrected chi connectivity index (χ0v) is 22.4. The molecule has 4 aromatic rings. The third kappa shape index (κ3) is 6.44. The number of carbonyl (C=O) groups is 1. The smallest absolute Gasteiger partial charge is 0.250 e. The van der Waals surface area contributed by atoms with Crippen molar-refractivity contribution in [3.63, 3.8) is 0 Å². The molecule has 1 heterocycles. The Labute approximate surface area is 220 Å². The Hall–Kier alpha value is -3.36. The number of aromatic nitrogens is 3. The highest BCUT2D eigenvalue weighted by atomic mass is 32.2. The molecule has 3 aromatic carbocycles. The molecule has 0 bridgehead atoms. The Morgan fingerprint density at radius 2 is 1.67 bits per heavy atom. The van der Waals surface area contributed by atoms with E-state index < -0.39 is 0 Å². The second-order valence-corrected chi connectivity index (χ2v) is 11.0. The lowest BCUT2D eigenvalue weighted by molar-refractivity contribution is -0.118. The molecule has 1 aromatic heterocycles. The van der Waals surface area contributed by atoms with Crippen molar-refractivity contribution in [2.45, 2.75) is 36.2 Å². The molecule has 0 aliphatic rings. The van der Waals surface area contributed by atoms with Gasteiger partial charge in [0.1, 0.15) is 0 Å².